The first-order chi connectivity index (χ1) is 8.29. The molecule has 0 radical (unpaired) electrons. The van der Waals surface area contributed by atoms with E-state index in [0.29, 0.717) is 11.5 Å². The molecule has 0 bridgehead atoms. The van der Waals surface area contributed by atoms with E-state index in [2.05, 4.69) is 25.9 Å². The third-order valence-electron chi connectivity index (χ3n) is 2.03. The molecule has 0 aliphatic carbocycles. The molecule has 0 saturated carbocycles. The molecule has 0 aliphatic rings. The Morgan fingerprint density at radius 3 is 3.12 bits per heavy atom. The minimum atomic E-state index is -0.210. The highest BCUT2D eigenvalue weighted by Crippen LogP contribution is 2.17. The SMILES string of the molecule is COCC(=O)Nc1cccc(-c2nn[nH]n2)c1. The minimum Gasteiger partial charge on any atom is -0.375 e. The van der Waals surface area contributed by atoms with Gasteiger partial charge in [-0.05, 0) is 17.3 Å². The smallest absolute Gasteiger partial charge is 0.250 e. The second-order valence-electron chi connectivity index (χ2n) is 3.30. The van der Waals surface area contributed by atoms with Crippen LogP contribution in [0.5, 0.6) is 0 Å². The van der Waals surface area contributed by atoms with Gasteiger partial charge in [-0.1, -0.05) is 12.1 Å². The first kappa shape index (κ1) is 11.2. The number of amides is 1. The predicted molar refractivity (Wildman–Crippen MR) is 60.1 cm³/mol. The van der Waals surface area contributed by atoms with Gasteiger partial charge >= 0.3 is 0 Å². The predicted octanol–water partition coefficient (Wildman–Crippen LogP) is 0.452. The number of carbonyl (C=O) groups is 1. The van der Waals surface area contributed by atoms with Crippen molar-refractivity contribution in [3.05, 3.63) is 24.3 Å². The van der Waals surface area contributed by atoms with Gasteiger partial charge in [0.15, 0.2) is 0 Å². The van der Waals surface area contributed by atoms with Crippen molar-refractivity contribution < 1.29 is 9.53 Å². The van der Waals surface area contributed by atoms with Gasteiger partial charge in [0.2, 0.25) is 11.7 Å². The van der Waals surface area contributed by atoms with Gasteiger partial charge in [-0.15, -0.1) is 10.2 Å². The third kappa shape index (κ3) is 2.85. The minimum absolute atomic E-state index is 0.0203. The topological polar surface area (TPSA) is 92.8 Å². The summed E-state index contributed by atoms with van der Waals surface area (Å²) < 4.78 is 4.73. The molecule has 0 fully saturated rings. The van der Waals surface area contributed by atoms with E-state index < -0.39 is 0 Å². The van der Waals surface area contributed by atoms with Crippen LogP contribution in [0.15, 0.2) is 24.3 Å². The molecule has 2 N–H and O–H groups in total. The van der Waals surface area contributed by atoms with E-state index in [1.54, 1.807) is 18.2 Å². The Bertz CT molecular complexity index is 497. The van der Waals surface area contributed by atoms with Crippen molar-refractivity contribution in [2.24, 2.45) is 0 Å². The van der Waals surface area contributed by atoms with Crippen LogP contribution in [0.3, 0.4) is 0 Å². The first-order valence-corrected chi connectivity index (χ1v) is 4.92. The van der Waals surface area contributed by atoms with Crippen LogP contribution in [0, 0.1) is 0 Å². The van der Waals surface area contributed by atoms with E-state index >= 15 is 0 Å². The van der Waals surface area contributed by atoms with Crippen LogP contribution in [-0.4, -0.2) is 40.2 Å². The van der Waals surface area contributed by atoms with E-state index in [0.717, 1.165) is 5.56 Å². The Hall–Kier alpha value is -2.28. The molecule has 1 heterocycles. The van der Waals surface area contributed by atoms with E-state index in [9.17, 15) is 4.79 Å². The standard InChI is InChI=1S/C10H11N5O2/c1-17-6-9(16)11-8-4-2-3-7(5-8)10-12-14-15-13-10/h2-5H,6H2,1H3,(H,11,16)(H,12,13,14,15). The molecule has 1 amide bonds. The van der Waals surface area contributed by atoms with Crippen LogP contribution in [0.25, 0.3) is 11.4 Å². The fourth-order valence-electron chi connectivity index (χ4n) is 1.35. The number of hydrogen-bond donors (Lipinski definition) is 2. The highest BCUT2D eigenvalue weighted by atomic mass is 16.5. The number of methoxy groups -OCH3 is 1. The number of H-pyrrole nitrogens is 1. The summed E-state index contributed by atoms with van der Waals surface area (Å²) in [5.74, 6) is 0.269. The zero-order valence-corrected chi connectivity index (χ0v) is 9.17. The maximum absolute atomic E-state index is 11.3. The van der Waals surface area contributed by atoms with Crippen LogP contribution < -0.4 is 5.32 Å². The van der Waals surface area contributed by atoms with Gasteiger partial charge in [-0.2, -0.15) is 5.21 Å². The Labute approximate surface area is 97.2 Å². The average molecular weight is 233 g/mol. The molecule has 2 rings (SSSR count). The van der Waals surface area contributed by atoms with Gasteiger partial charge in [-0.3, -0.25) is 4.79 Å². The third-order valence-corrected chi connectivity index (χ3v) is 2.03. The molecule has 2 aromatic rings. The summed E-state index contributed by atoms with van der Waals surface area (Å²) in [7, 11) is 1.47. The molecule has 0 atom stereocenters. The summed E-state index contributed by atoms with van der Waals surface area (Å²) in [4.78, 5) is 11.3. The van der Waals surface area contributed by atoms with Crippen LogP contribution in [-0.2, 0) is 9.53 Å². The lowest BCUT2D eigenvalue weighted by molar-refractivity contribution is -0.119. The van der Waals surface area contributed by atoms with Gasteiger partial charge in [-0.25, -0.2) is 0 Å². The van der Waals surface area contributed by atoms with Gasteiger partial charge in [0.05, 0.1) is 0 Å². The molecule has 1 aromatic heterocycles. The van der Waals surface area contributed by atoms with E-state index in [-0.39, 0.29) is 12.5 Å². The van der Waals surface area contributed by atoms with Gasteiger partial charge in [0.1, 0.15) is 6.61 Å². The lowest BCUT2D eigenvalue weighted by Gasteiger charge is -2.05. The number of nitrogens with zero attached hydrogens (tertiary/aromatic N) is 3. The number of nitrogens with one attached hydrogen (secondary N) is 2. The molecule has 1 aromatic carbocycles. The number of tetrazole rings is 1. The number of benzene rings is 1. The number of rotatable bonds is 4. The number of anilines is 1. The summed E-state index contributed by atoms with van der Waals surface area (Å²) in [5.41, 5.74) is 1.43. The quantitative estimate of drug-likeness (QED) is 0.799. The number of aromatic nitrogens is 4. The molecule has 17 heavy (non-hydrogen) atoms. The number of aromatic amines is 1. The molecule has 7 nitrogen and oxygen atoms in total. The Morgan fingerprint density at radius 1 is 1.53 bits per heavy atom. The van der Waals surface area contributed by atoms with Crippen molar-refractivity contribution in [3.63, 3.8) is 0 Å². The molecule has 0 saturated heterocycles. The lowest BCUT2D eigenvalue weighted by atomic mass is 10.2. The fourth-order valence-corrected chi connectivity index (χ4v) is 1.35. The van der Waals surface area contributed by atoms with Crippen LogP contribution in [0.2, 0.25) is 0 Å². The van der Waals surface area contributed by atoms with Crippen molar-refractivity contribution in [1.82, 2.24) is 20.6 Å². The Balaban J connectivity index is 2.15. The fraction of sp³-hybridized carbons (Fsp3) is 0.200. The van der Waals surface area contributed by atoms with Crippen molar-refractivity contribution in [1.29, 1.82) is 0 Å². The molecule has 88 valence electrons. The summed E-state index contributed by atoms with van der Waals surface area (Å²) in [5, 5.41) is 16.3. The Morgan fingerprint density at radius 2 is 2.41 bits per heavy atom. The van der Waals surface area contributed by atoms with Crippen molar-refractivity contribution in [3.8, 4) is 11.4 Å². The highest BCUT2D eigenvalue weighted by Gasteiger charge is 2.05. The molecule has 0 unspecified atom stereocenters. The first-order valence-electron chi connectivity index (χ1n) is 4.92. The molecule has 0 spiro atoms. The second kappa shape index (κ2) is 5.17. The second-order valence-corrected chi connectivity index (χ2v) is 3.30. The molecule has 0 aliphatic heterocycles. The monoisotopic (exact) mass is 233 g/mol. The van der Waals surface area contributed by atoms with Crippen molar-refractivity contribution in [2.75, 3.05) is 19.0 Å². The molecular weight excluding hydrogens is 222 g/mol. The highest BCUT2D eigenvalue weighted by molar-refractivity contribution is 5.92. The zero-order chi connectivity index (χ0) is 12.1. The number of hydrogen-bond acceptors (Lipinski definition) is 5. The summed E-state index contributed by atoms with van der Waals surface area (Å²) >= 11 is 0. The normalized spacial score (nSPS) is 10.2. The number of ether oxygens (including phenoxy) is 1. The van der Waals surface area contributed by atoms with Crippen LogP contribution in [0.4, 0.5) is 5.69 Å². The van der Waals surface area contributed by atoms with E-state index in [1.807, 2.05) is 6.07 Å². The zero-order valence-electron chi connectivity index (χ0n) is 9.17. The Kier molecular flexibility index (Phi) is 3.41. The maximum Gasteiger partial charge on any atom is 0.250 e. The van der Waals surface area contributed by atoms with E-state index in [4.69, 9.17) is 4.74 Å². The van der Waals surface area contributed by atoms with Gasteiger partial charge < -0.3 is 10.1 Å². The summed E-state index contributed by atoms with van der Waals surface area (Å²) in [6.07, 6.45) is 0. The maximum atomic E-state index is 11.3. The molecule has 7 heteroatoms. The summed E-state index contributed by atoms with van der Waals surface area (Å²) in [6, 6.07) is 7.17. The van der Waals surface area contributed by atoms with Crippen molar-refractivity contribution >= 4 is 11.6 Å². The molecular formula is C10H11N5O2. The van der Waals surface area contributed by atoms with Crippen molar-refractivity contribution in [2.45, 2.75) is 0 Å². The van der Waals surface area contributed by atoms with Crippen LogP contribution >= 0.6 is 0 Å². The average Bonchev–Trinajstić information content (AvgIpc) is 2.83. The van der Waals surface area contributed by atoms with Crippen LogP contribution in [0.1, 0.15) is 0 Å². The summed E-state index contributed by atoms with van der Waals surface area (Å²) in [6.45, 7) is 0.0203. The van der Waals surface area contributed by atoms with Gasteiger partial charge in [0.25, 0.3) is 0 Å². The lowest BCUT2D eigenvalue weighted by Crippen LogP contribution is -2.16. The van der Waals surface area contributed by atoms with E-state index in [1.165, 1.54) is 7.11 Å². The van der Waals surface area contributed by atoms with Gasteiger partial charge in [0, 0.05) is 18.4 Å². The number of carbonyl (C=O) groups excluding carboxylic acids is 1. The largest absolute Gasteiger partial charge is 0.375 e.